The van der Waals surface area contributed by atoms with Crippen molar-refractivity contribution >= 4 is 11.9 Å². The molecule has 5 nitrogen and oxygen atoms in total. The van der Waals surface area contributed by atoms with E-state index in [2.05, 4.69) is 15.2 Å². The normalized spacial score (nSPS) is 16.2. The summed E-state index contributed by atoms with van der Waals surface area (Å²) in [5.74, 6) is -0.609. The van der Waals surface area contributed by atoms with E-state index in [0.29, 0.717) is 31.6 Å². The monoisotopic (exact) mass is 339 g/mol. The van der Waals surface area contributed by atoms with Gasteiger partial charge in [-0.3, -0.25) is 9.79 Å². The van der Waals surface area contributed by atoms with Gasteiger partial charge in [0, 0.05) is 32.7 Å². The van der Waals surface area contributed by atoms with Gasteiger partial charge in [0.25, 0.3) is 0 Å². The summed E-state index contributed by atoms with van der Waals surface area (Å²) in [7, 11) is 3.09. The Morgan fingerprint density at radius 2 is 2.08 bits per heavy atom. The molecule has 1 heterocycles. The Kier molecular flexibility index (Phi) is 6.52. The van der Waals surface area contributed by atoms with Crippen LogP contribution >= 0.6 is 0 Å². The molecule has 0 spiro atoms. The Morgan fingerprint density at radius 1 is 1.38 bits per heavy atom. The largest absolute Gasteiger partial charge is 0.469 e. The van der Waals surface area contributed by atoms with Gasteiger partial charge in [0.15, 0.2) is 5.96 Å². The Bertz CT molecular complexity index is 599. The molecule has 0 radical (unpaired) electrons. The molecule has 0 bridgehead atoms. The van der Waals surface area contributed by atoms with E-state index in [-0.39, 0.29) is 11.9 Å². The number of rotatable bonds is 4. The number of esters is 1. The van der Waals surface area contributed by atoms with Crippen molar-refractivity contribution in [1.29, 1.82) is 0 Å². The van der Waals surface area contributed by atoms with Gasteiger partial charge in [-0.1, -0.05) is 6.07 Å². The number of nitrogens with one attached hydrogen (secondary N) is 1. The van der Waals surface area contributed by atoms with Crippen LogP contribution in [0.15, 0.2) is 23.2 Å². The van der Waals surface area contributed by atoms with Crippen molar-refractivity contribution in [3.8, 4) is 0 Å². The third kappa shape index (κ3) is 4.66. The van der Waals surface area contributed by atoms with Gasteiger partial charge in [-0.05, 0) is 30.9 Å². The lowest BCUT2D eigenvalue weighted by molar-refractivity contribution is -0.146. The minimum absolute atomic E-state index is 0.0577. The van der Waals surface area contributed by atoms with Gasteiger partial charge >= 0.3 is 5.97 Å². The van der Waals surface area contributed by atoms with Crippen LogP contribution in [0.5, 0.6) is 0 Å². The van der Waals surface area contributed by atoms with Crippen LogP contribution < -0.4 is 5.32 Å². The highest BCUT2D eigenvalue weighted by atomic mass is 19.1. The Morgan fingerprint density at radius 3 is 2.67 bits per heavy atom. The summed E-state index contributed by atoms with van der Waals surface area (Å²) in [6, 6.07) is 3.60. The molecule has 0 atom stereocenters. The molecule has 1 aromatic rings. The molecule has 0 amide bonds. The van der Waals surface area contributed by atoms with Crippen molar-refractivity contribution in [1.82, 2.24) is 10.2 Å². The smallest absolute Gasteiger partial charge is 0.308 e. The van der Waals surface area contributed by atoms with E-state index >= 15 is 0 Å². The summed E-state index contributed by atoms with van der Waals surface area (Å²) in [5.41, 5.74) is 0.462. The zero-order valence-corrected chi connectivity index (χ0v) is 14.0. The zero-order valence-electron chi connectivity index (χ0n) is 14.0. The number of ether oxygens (including phenoxy) is 1. The maximum absolute atomic E-state index is 13.6. The SMILES string of the molecule is CN=C(NCCc1ccc(F)cc1F)N1CCC(C(=O)OC)CC1. The first-order valence-electron chi connectivity index (χ1n) is 8.02. The minimum Gasteiger partial charge on any atom is -0.469 e. The lowest BCUT2D eigenvalue weighted by Crippen LogP contribution is -2.47. The maximum atomic E-state index is 13.6. The van der Waals surface area contributed by atoms with Crippen LogP contribution in [0.2, 0.25) is 0 Å². The molecule has 132 valence electrons. The molecular weight excluding hydrogens is 316 g/mol. The summed E-state index contributed by atoms with van der Waals surface area (Å²) < 4.78 is 31.3. The number of aliphatic imine (C=N–C) groups is 1. The van der Waals surface area contributed by atoms with Crippen molar-refractivity contribution in [3.63, 3.8) is 0 Å². The van der Waals surface area contributed by atoms with Gasteiger partial charge in [-0.25, -0.2) is 8.78 Å². The molecule has 1 aliphatic heterocycles. The summed E-state index contributed by atoms with van der Waals surface area (Å²) in [6.07, 6.45) is 1.88. The van der Waals surface area contributed by atoms with E-state index in [1.807, 2.05) is 0 Å². The average molecular weight is 339 g/mol. The predicted molar refractivity (Wildman–Crippen MR) is 87.7 cm³/mol. The van der Waals surface area contributed by atoms with Gasteiger partial charge in [-0.15, -0.1) is 0 Å². The van der Waals surface area contributed by atoms with E-state index in [1.54, 1.807) is 7.05 Å². The molecule has 0 unspecified atom stereocenters. The van der Waals surface area contributed by atoms with Gasteiger partial charge in [0.05, 0.1) is 13.0 Å². The molecular formula is C17H23F2N3O2. The van der Waals surface area contributed by atoms with Crippen LogP contribution in [-0.2, 0) is 16.0 Å². The highest BCUT2D eigenvalue weighted by Gasteiger charge is 2.26. The number of carbonyl (C=O) groups is 1. The molecule has 1 saturated heterocycles. The number of nitrogens with zero attached hydrogens (tertiary/aromatic N) is 2. The standard InChI is InChI=1S/C17H23F2N3O2/c1-20-17(22-9-6-13(7-10-22)16(23)24-2)21-8-5-12-3-4-14(18)11-15(12)19/h3-4,11,13H,5-10H2,1-2H3,(H,20,21). The summed E-state index contributed by atoms with van der Waals surface area (Å²) in [6.45, 7) is 1.92. The van der Waals surface area contributed by atoms with E-state index in [9.17, 15) is 13.6 Å². The summed E-state index contributed by atoms with van der Waals surface area (Å²) >= 11 is 0. The van der Waals surface area contributed by atoms with Gasteiger partial charge in [0.1, 0.15) is 11.6 Å². The topological polar surface area (TPSA) is 53.9 Å². The molecule has 1 fully saturated rings. The molecule has 7 heteroatoms. The van der Waals surface area contributed by atoms with Crippen LogP contribution in [0.25, 0.3) is 0 Å². The number of halogens is 2. The zero-order chi connectivity index (χ0) is 17.5. The molecule has 2 rings (SSSR count). The van der Waals surface area contributed by atoms with Crippen LogP contribution in [0.3, 0.4) is 0 Å². The van der Waals surface area contributed by atoms with Crippen molar-refractivity contribution in [2.24, 2.45) is 10.9 Å². The van der Waals surface area contributed by atoms with Gasteiger partial charge < -0.3 is 15.0 Å². The molecule has 1 aliphatic rings. The third-order valence-electron chi connectivity index (χ3n) is 4.23. The fourth-order valence-electron chi connectivity index (χ4n) is 2.86. The van der Waals surface area contributed by atoms with E-state index in [4.69, 9.17) is 4.74 Å². The third-order valence-corrected chi connectivity index (χ3v) is 4.23. The minimum atomic E-state index is -0.575. The van der Waals surface area contributed by atoms with Crippen molar-refractivity contribution in [3.05, 3.63) is 35.4 Å². The summed E-state index contributed by atoms with van der Waals surface area (Å²) in [5, 5.41) is 3.19. The number of benzene rings is 1. The Hall–Kier alpha value is -2.18. The number of piperidine rings is 1. The molecule has 0 aromatic heterocycles. The van der Waals surface area contributed by atoms with Crippen LogP contribution in [0.1, 0.15) is 18.4 Å². The molecule has 1 aromatic carbocycles. The van der Waals surface area contributed by atoms with E-state index in [0.717, 1.165) is 24.9 Å². The Labute approximate surface area is 140 Å². The number of methoxy groups -OCH3 is 1. The number of hydrogen-bond acceptors (Lipinski definition) is 3. The second kappa shape index (κ2) is 8.61. The number of guanidine groups is 1. The lowest BCUT2D eigenvalue weighted by Gasteiger charge is -2.33. The number of carbonyl (C=O) groups excluding carboxylic acids is 1. The quantitative estimate of drug-likeness (QED) is 0.518. The maximum Gasteiger partial charge on any atom is 0.308 e. The second-order valence-electron chi connectivity index (χ2n) is 5.74. The van der Waals surface area contributed by atoms with Gasteiger partial charge in [0.2, 0.25) is 0 Å². The van der Waals surface area contributed by atoms with Crippen molar-refractivity contribution in [2.75, 3.05) is 33.8 Å². The summed E-state index contributed by atoms with van der Waals surface area (Å²) in [4.78, 5) is 17.8. The highest BCUT2D eigenvalue weighted by molar-refractivity contribution is 5.80. The van der Waals surface area contributed by atoms with Crippen LogP contribution in [0.4, 0.5) is 8.78 Å². The first-order chi connectivity index (χ1) is 11.5. The first-order valence-corrected chi connectivity index (χ1v) is 8.02. The second-order valence-corrected chi connectivity index (χ2v) is 5.74. The van der Waals surface area contributed by atoms with Crippen LogP contribution in [0, 0.1) is 17.6 Å². The molecule has 1 N–H and O–H groups in total. The Balaban J connectivity index is 1.82. The predicted octanol–water partition coefficient (Wildman–Crippen LogP) is 1.97. The van der Waals surface area contributed by atoms with E-state index < -0.39 is 11.6 Å². The van der Waals surface area contributed by atoms with Gasteiger partial charge in [-0.2, -0.15) is 0 Å². The fraction of sp³-hybridized carbons (Fsp3) is 0.529. The molecule has 24 heavy (non-hydrogen) atoms. The average Bonchev–Trinajstić information content (AvgIpc) is 2.60. The van der Waals surface area contributed by atoms with E-state index in [1.165, 1.54) is 19.2 Å². The van der Waals surface area contributed by atoms with Crippen molar-refractivity contribution < 1.29 is 18.3 Å². The fourth-order valence-corrected chi connectivity index (χ4v) is 2.86. The molecule has 0 saturated carbocycles. The van der Waals surface area contributed by atoms with Crippen LogP contribution in [-0.4, -0.2) is 50.6 Å². The first kappa shape index (κ1) is 18.2. The number of likely N-dealkylation sites (tertiary alicyclic amines) is 1. The highest BCUT2D eigenvalue weighted by Crippen LogP contribution is 2.18. The molecule has 0 aliphatic carbocycles. The van der Waals surface area contributed by atoms with Crippen molar-refractivity contribution in [2.45, 2.75) is 19.3 Å². The number of hydrogen-bond donors (Lipinski definition) is 1. The lowest BCUT2D eigenvalue weighted by atomic mass is 9.97.